The number of carbonyl (C=O) groups is 2. The van der Waals surface area contributed by atoms with Crippen LogP contribution in [0.15, 0.2) is 42.5 Å². The van der Waals surface area contributed by atoms with Crippen LogP contribution in [-0.4, -0.2) is 61.9 Å². The third-order valence-electron chi connectivity index (χ3n) is 6.03. The fourth-order valence-electron chi connectivity index (χ4n) is 4.10. The number of rotatable bonds is 15. The molecule has 228 valence electrons. The number of aryl methyl sites for hydroxylation is 2. The second kappa shape index (κ2) is 15.5. The number of hydrogen-bond acceptors (Lipinski definition) is 8. The minimum Gasteiger partial charge on any atom is -0.496 e. The van der Waals surface area contributed by atoms with E-state index in [1.54, 1.807) is 6.92 Å². The summed E-state index contributed by atoms with van der Waals surface area (Å²) < 4.78 is 66.7. The largest absolute Gasteiger partial charge is 0.496 e. The number of benzene rings is 2. The van der Waals surface area contributed by atoms with E-state index in [0.29, 0.717) is 27.2 Å². The molecule has 0 atom stereocenters. The van der Waals surface area contributed by atoms with Gasteiger partial charge in [0.05, 0.1) is 20.8 Å². The van der Waals surface area contributed by atoms with Crippen LogP contribution in [0.4, 0.5) is 8.78 Å². The molecule has 2 aromatic carbocycles. The first-order valence-electron chi connectivity index (χ1n) is 12.7. The van der Waals surface area contributed by atoms with Gasteiger partial charge < -0.3 is 14.4 Å². The van der Waals surface area contributed by atoms with Gasteiger partial charge in [0.1, 0.15) is 27.8 Å². The smallest absolute Gasteiger partial charge is 0.301 e. The van der Waals surface area contributed by atoms with Crippen molar-refractivity contribution in [3.63, 3.8) is 0 Å². The van der Waals surface area contributed by atoms with Crippen LogP contribution in [0.1, 0.15) is 54.7 Å². The molecule has 0 aliphatic rings. The van der Waals surface area contributed by atoms with E-state index in [1.807, 2.05) is 57.6 Å². The average Bonchev–Trinajstić information content (AvgIpc) is 3.34. The Morgan fingerprint density at radius 1 is 1.12 bits per heavy atom. The van der Waals surface area contributed by atoms with Crippen molar-refractivity contribution in [2.24, 2.45) is 0 Å². The van der Waals surface area contributed by atoms with E-state index in [-0.39, 0.29) is 42.4 Å². The van der Waals surface area contributed by atoms with Gasteiger partial charge in [-0.15, -0.1) is 11.3 Å². The SMILES string of the molecule is COc1cc(C(=O)N(CCCc2ccccc2)Cc2nc(C(=O)NS(=O)(=O)NCCI)c(C)s2)cc(OC)c1C(F)F. The maximum Gasteiger partial charge on any atom is 0.301 e. The van der Waals surface area contributed by atoms with Gasteiger partial charge >= 0.3 is 10.2 Å². The number of amides is 2. The molecule has 0 aliphatic heterocycles. The van der Waals surface area contributed by atoms with Crippen molar-refractivity contribution in [3.8, 4) is 11.5 Å². The fraction of sp³-hybridized carbons (Fsp3) is 0.370. The molecule has 3 rings (SSSR count). The molecule has 0 radical (unpaired) electrons. The molecule has 3 aromatic rings. The number of alkyl halides is 3. The van der Waals surface area contributed by atoms with Crippen LogP contribution in [-0.2, 0) is 23.2 Å². The van der Waals surface area contributed by atoms with E-state index < -0.39 is 34.0 Å². The van der Waals surface area contributed by atoms with Gasteiger partial charge in [-0.05, 0) is 37.5 Å². The molecule has 0 saturated carbocycles. The van der Waals surface area contributed by atoms with Crippen molar-refractivity contribution in [3.05, 3.63) is 74.7 Å². The summed E-state index contributed by atoms with van der Waals surface area (Å²) in [6.45, 7) is 2.05. The van der Waals surface area contributed by atoms with E-state index in [9.17, 15) is 26.8 Å². The number of nitrogens with zero attached hydrogens (tertiary/aromatic N) is 2. The second-order valence-corrected chi connectivity index (χ2v) is 12.8. The highest BCUT2D eigenvalue weighted by molar-refractivity contribution is 14.1. The third-order valence-corrected chi connectivity index (χ3v) is 8.56. The average molecular weight is 737 g/mol. The Balaban J connectivity index is 1.90. The molecule has 0 unspecified atom stereocenters. The molecule has 0 bridgehead atoms. The Kier molecular flexibility index (Phi) is 12.4. The Morgan fingerprint density at radius 3 is 2.33 bits per heavy atom. The molecule has 0 fully saturated rings. The summed E-state index contributed by atoms with van der Waals surface area (Å²) in [6, 6.07) is 12.2. The first kappa shape index (κ1) is 33.6. The van der Waals surface area contributed by atoms with Crippen LogP contribution in [0.25, 0.3) is 0 Å². The van der Waals surface area contributed by atoms with Gasteiger partial charge in [0.2, 0.25) is 0 Å². The van der Waals surface area contributed by atoms with Crippen molar-refractivity contribution in [1.82, 2.24) is 19.3 Å². The van der Waals surface area contributed by atoms with Crippen LogP contribution in [0, 0.1) is 6.92 Å². The standard InChI is InChI=1S/C27H31F2IN4O6S2/c1-17-24(26(35)33-42(37,38)31-12-11-30)32-22(41-17)16-34(13-7-10-18-8-5-4-6-9-18)27(36)19-14-20(39-2)23(25(28)29)21(15-19)40-3/h4-6,8-9,14-15,25,31H,7,10-13,16H2,1-3H3,(H,33,35). The lowest BCUT2D eigenvalue weighted by Gasteiger charge is -2.23. The number of aromatic nitrogens is 1. The van der Waals surface area contributed by atoms with Crippen molar-refractivity contribution in [2.45, 2.75) is 32.7 Å². The first-order valence-corrected chi connectivity index (χ1v) is 16.5. The Hall–Kier alpha value is -2.89. The molecular formula is C27H31F2IN4O6S2. The normalized spacial score (nSPS) is 11.4. The predicted octanol–water partition coefficient (Wildman–Crippen LogP) is 4.68. The predicted molar refractivity (Wildman–Crippen MR) is 164 cm³/mol. The molecule has 2 amide bonds. The van der Waals surface area contributed by atoms with Gasteiger partial charge in [-0.1, -0.05) is 52.9 Å². The van der Waals surface area contributed by atoms with Gasteiger partial charge in [-0.3, -0.25) is 9.59 Å². The highest BCUT2D eigenvalue weighted by Gasteiger charge is 2.27. The van der Waals surface area contributed by atoms with Gasteiger partial charge in [0.25, 0.3) is 18.2 Å². The maximum atomic E-state index is 13.8. The Morgan fingerprint density at radius 2 is 1.76 bits per heavy atom. The fourth-order valence-corrected chi connectivity index (χ4v) is 6.47. The highest BCUT2D eigenvalue weighted by atomic mass is 127. The third kappa shape index (κ3) is 9.05. The number of nitrogens with one attached hydrogen (secondary N) is 2. The summed E-state index contributed by atoms with van der Waals surface area (Å²) >= 11 is 3.14. The molecule has 1 heterocycles. The minimum absolute atomic E-state index is 0.00647. The van der Waals surface area contributed by atoms with Gasteiger partial charge in [0, 0.05) is 28.0 Å². The summed E-state index contributed by atoms with van der Waals surface area (Å²) in [5, 5.41) is 0.395. The molecule has 0 saturated heterocycles. The van der Waals surface area contributed by atoms with Gasteiger partial charge in [-0.2, -0.15) is 13.1 Å². The number of methoxy groups -OCH3 is 2. The van der Waals surface area contributed by atoms with Crippen LogP contribution in [0.2, 0.25) is 0 Å². The molecule has 15 heteroatoms. The number of hydrogen-bond donors (Lipinski definition) is 2. The highest BCUT2D eigenvalue weighted by Crippen LogP contribution is 2.38. The van der Waals surface area contributed by atoms with E-state index in [1.165, 1.54) is 31.3 Å². The number of thiazole rings is 1. The number of carbonyl (C=O) groups excluding carboxylic acids is 2. The van der Waals surface area contributed by atoms with E-state index in [2.05, 4.69) is 9.71 Å². The van der Waals surface area contributed by atoms with Gasteiger partial charge in [-0.25, -0.2) is 18.5 Å². The van der Waals surface area contributed by atoms with Crippen molar-refractivity contribution >= 4 is 56.0 Å². The lowest BCUT2D eigenvalue weighted by Crippen LogP contribution is -2.41. The zero-order chi connectivity index (χ0) is 30.9. The van der Waals surface area contributed by atoms with Crippen molar-refractivity contribution in [2.75, 3.05) is 31.7 Å². The molecule has 2 N–H and O–H groups in total. The monoisotopic (exact) mass is 736 g/mol. The van der Waals surface area contributed by atoms with Gasteiger partial charge in [0.15, 0.2) is 0 Å². The molecular weight excluding hydrogens is 705 g/mol. The quantitative estimate of drug-likeness (QED) is 0.172. The summed E-state index contributed by atoms with van der Waals surface area (Å²) in [4.78, 5) is 32.8. The number of ether oxygens (including phenoxy) is 2. The zero-order valence-electron chi connectivity index (χ0n) is 23.2. The lowest BCUT2D eigenvalue weighted by molar-refractivity contribution is 0.0739. The molecule has 10 nitrogen and oxygen atoms in total. The maximum absolute atomic E-state index is 13.8. The van der Waals surface area contributed by atoms with Crippen LogP contribution in [0.5, 0.6) is 11.5 Å². The van der Waals surface area contributed by atoms with E-state index >= 15 is 0 Å². The van der Waals surface area contributed by atoms with E-state index in [4.69, 9.17) is 9.47 Å². The van der Waals surface area contributed by atoms with Crippen molar-refractivity contribution in [1.29, 1.82) is 0 Å². The summed E-state index contributed by atoms with van der Waals surface area (Å²) in [5.74, 6) is -1.74. The second-order valence-electron chi connectivity index (χ2n) is 8.94. The minimum atomic E-state index is -4.06. The first-order chi connectivity index (χ1) is 20.0. The number of halogens is 3. The van der Waals surface area contributed by atoms with Crippen LogP contribution in [0.3, 0.4) is 0 Å². The van der Waals surface area contributed by atoms with Crippen LogP contribution < -0.4 is 18.9 Å². The van der Waals surface area contributed by atoms with Crippen molar-refractivity contribution < 1.29 is 36.3 Å². The molecule has 42 heavy (non-hydrogen) atoms. The van der Waals surface area contributed by atoms with Crippen LogP contribution >= 0.6 is 33.9 Å². The molecule has 0 aliphatic carbocycles. The lowest BCUT2D eigenvalue weighted by atomic mass is 10.1. The summed E-state index contributed by atoms with van der Waals surface area (Å²) in [6.07, 6.45) is -1.63. The van der Waals surface area contributed by atoms with E-state index in [0.717, 1.165) is 16.9 Å². The summed E-state index contributed by atoms with van der Waals surface area (Å²) in [5.41, 5.74) is 0.625. The summed E-state index contributed by atoms with van der Waals surface area (Å²) in [7, 11) is -1.60. The zero-order valence-corrected chi connectivity index (χ0v) is 26.9. The molecule has 1 aromatic heterocycles. The molecule has 0 spiro atoms. The Bertz CT molecular complexity index is 1460. The topological polar surface area (TPSA) is 127 Å². The Labute approximate surface area is 261 Å².